The van der Waals surface area contributed by atoms with E-state index < -0.39 is 5.60 Å². The highest BCUT2D eigenvalue weighted by Gasteiger charge is 2.31. The van der Waals surface area contributed by atoms with Gasteiger partial charge in [-0.3, -0.25) is 4.79 Å². The lowest BCUT2D eigenvalue weighted by molar-refractivity contribution is -0.130. The van der Waals surface area contributed by atoms with Gasteiger partial charge in [0.1, 0.15) is 5.60 Å². The minimum Gasteiger partial charge on any atom is -0.444 e. The SMILES string of the molecule is CN(C[C@@H]1CCCCN1C(=O)OC(C)(C)C)C(=O)Cc1ccsc1. The van der Waals surface area contributed by atoms with Crippen LogP contribution in [0.2, 0.25) is 0 Å². The molecule has 1 aromatic heterocycles. The van der Waals surface area contributed by atoms with Gasteiger partial charge in [-0.15, -0.1) is 0 Å². The van der Waals surface area contributed by atoms with E-state index in [1.165, 1.54) is 0 Å². The van der Waals surface area contributed by atoms with Crippen LogP contribution in [0.15, 0.2) is 16.8 Å². The summed E-state index contributed by atoms with van der Waals surface area (Å²) in [5.74, 6) is 0.0862. The van der Waals surface area contributed by atoms with Gasteiger partial charge in [-0.2, -0.15) is 11.3 Å². The number of rotatable bonds is 4. The molecule has 24 heavy (non-hydrogen) atoms. The van der Waals surface area contributed by atoms with Gasteiger partial charge in [0.05, 0.1) is 12.5 Å². The van der Waals surface area contributed by atoms with Crippen LogP contribution < -0.4 is 0 Å². The van der Waals surface area contributed by atoms with Crippen molar-refractivity contribution < 1.29 is 14.3 Å². The number of piperidine rings is 1. The largest absolute Gasteiger partial charge is 0.444 e. The van der Waals surface area contributed by atoms with Crippen molar-refractivity contribution in [1.82, 2.24) is 9.80 Å². The monoisotopic (exact) mass is 352 g/mol. The fourth-order valence-electron chi connectivity index (χ4n) is 2.87. The number of nitrogens with zero attached hydrogens (tertiary/aromatic N) is 2. The van der Waals surface area contributed by atoms with Gasteiger partial charge in [-0.1, -0.05) is 0 Å². The minimum absolute atomic E-state index is 0.0324. The summed E-state index contributed by atoms with van der Waals surface area (Å²) < 4.78 is 5.52. The Bertz CT molecular complexity index is 551. The van der Waals surface area contributed by atoms with Crippen LogP contribution in [0.5, 0.6) is 0 Å². The summed E-state index contributed by atoms with van der Waals surface area (Å²) in [5.41, 5.74) is 0.546. The van der Waals surface area contributed by atoms with E-state index in [0.29, 0.717) is 19.5 Å². The number of thiophene rings is 1. The zero-order valence-electron chi connectivity index (χ0n) is 15.1. The number of carbonyl (C=O) groups is 2. The van der Waals surface area contributed by atoms with E-state index in [0.717, 1.165) is 24.8 Å². The molecule has 1 atom stereocenters. The van der Waals surface area contributed by atoms with Gasteiger partial charge in [-0.25, -0.2) is 4.79 Å². The molecule has 2 amide bonds. The molecule has 134 valence electrons. The highest BCUT2D eigenvalue weighted by molar-refractivity contribution is 7.07. The van der Waals surface area contributed by atoms with Gasteiger partial charge < -0.3 is 14.5 Å². The maximum atomic E-state index is 12.4. The molecule has 1 saturated heterocycles. The lowest BCUT2D eigenvalue weighted by Crippen LogP contribution is -2.51. The molecule has 1 aliphatic rings. The summed E-state index contributed by atoms with van der Waals surface area (Å²) in [6.45, 7) is 6.88. The molecule has 1 aliphatic heterocycles. The second-order valence-corrected chi connectivity index (χ2v) is 8.19. The molecule has 0 aromatic carbocycles. The van der Waals surface area contributed by atoms with Crippen molar-refractivity contribution >= 4 is 23.3 Å². The molecule has 5 nitrogen and oxygen atoms in total. The molecule has 0 N–H and O–H groups in total. The Morgan fingerprint density at radius 1 is 1.38 bits per heavy atom. The predicted octanol–water partition coefficient (Wildman–Crippen LogP) is 3.54. The number of hydrogen-bond acceptors (Lipinski definition) is 4. The second-order valence-electron chi connectivity index (χ2n) is 7.41. The first-order chi connectivity index (χ1) is 11.3. The third-order valence-electron chi connectivity index (χ3n) is 4.10. The first-order valence-corrected chi connectivity index (χ1v) is 9.45. The molecule has 0 spiro atoms. The number of hydrogen-bond donors (Lipinski definition) is 0. The van der Waals surface area contributed by atoms with Crippen molar-refractivity contribution in [2.24, 2.45) is 0 Å². The number of ether oxygens (including phenoxy) is 1. The summed E-state index contributed by atoms with van der Waals surface area (Å²) in [4.78, 5) is 28.4. The Hall–Kier alpha value is -1.56. The molecule has 1 fully saturated rings. The maximum Gasteiger partial charge on any atom is 0.410 e. The molecule has 6 heteroatoms. The van der Waals surface area contributed by atoms with Gasteiger partial charge in [-0.05, 0) is 62.4 Å². The van der Waals surface area contributed by atoms with Gasteiger partial charge in [0.15, 0.2) is 0 Å². The van der Waals surface area contributed by atoms with Crippen LogP contribution in [-0.2, 0) is 16.0 Å². The third kappa shape index (κ3) is 5.51. The van der Waals surface area contributed by atoms with E-state index in [1.54, 1.807) is 21.1 Å². The highest BCUT2D eigenvalue weighted by atomic mass is 32.1. The Balaban J connectivity index is 1.94. The fourth-order valence-corrected chi connectivity index (χ4v) is 3.54. The summed E-state index contributed by atoms with van der Waals surface area (Å²) in [5, 5.41) is 3.98. The molecule has 0 saturated carbocycles. The molecule has 0 aliphatic carbocycles. The topological polar surface area (TPSA) is 49.9 Å². The van der Waals surface area contributed by atoms with Crippen LogP contribution in [0, 0.1) is 0 Å². The minimum atomic E-state index is -0.500. The Kier molecular flexibility index (Phi) is 6.27. The molecule has 0 unspecified atom stereocenters. The van der Waals surface area contributed by atoms with E-state index >= 15 is 0 Å². The molecule has 0 radical (unpaired) electrons. The molecule has 1 aromatic rings. The van der Waals surface area contributed by atoms with Crippen LogP contribution in [0.3, 0.4) is 0 Å². The van der Waals surface area contributed by atoms with Gasteiger partial charge in [0, 0.05) is 20.1 Å². The van der Waals surface area contributed by atoms with Gasteiger partial charge >= 0.3 is 6.09 Å². The van der Waals surface area contributed by atoms with Crippen molar-refractivity contribution in [3.05, 3.63) is 22.4 Å². The predicted molar refractivity (Wildman–Crippen MR) is 96.2 cm³/mol. The van der Waals surface area contributed by atoms with Crippen molar-refractivity contribution in [2.75, 3.05) is 20.1 Å². The molecule has 0 bridgehead atoms. The lowest BCUT2D eigenvalue weighted by Gasteiger charge is -2.38. The van der Waals surface area contributed by atoms with Crippen LogP contribution in [0.1, 0.15) is 45.6 Å². The van der Waals surface area contributed by atoms with E-state index in [2.05, 4.69) is 0 Å². The lowest BCUT2D eigenvalue weighted by atomic mass is 10.0. The van der Waals surface area contributed by atoms with E-state index in [4.69, 9.17) is 4.74 Å². The van der Waals surface area contributed by atoms with Crippen LogP contribution in [0.4, 0.5) is 4.79 Å². The molecular weight excluding hydrogens is 324 g/mol. The number of amides is 2. The van der Waals surface area contributed by atoms with E-state index in [9.17, 15) is 9.59 Å². The second kappa shape index (κ2) is 8.01. The quantitative estimate of drug-likeness (QED) is 0.833. The van der Waals surface area contributed by atoms with Crippen molar-refractivity contribution in [3.8, 4) is 0 Å². The summed E-state index contributed by atoms with van der Waals surface area (Å²) in [7, 11) is 1.82. The standard InChI is InChI=1S/C18H28N2O3S/c1-18(2,3)23-17(22)20-9-6-5-7-15(20)12-19(4)16(21)11-14-8-10-24-13-14/h8,10,13,15H,5-7,9,11-12H2,1-4H3/t15-/m0/s1. The zero-order valence-corrected chi connectivity index (χ0v) is 15.9. The average Bonchev–Trinajstić information content (AvgIpc) is 2.98. The zero-order chi connectivity index (χ0) is 17.7. The first kappa shape index (κ1) is 18.8. The average molecular weight is 353 g/mol. The molecule has 2 rings (SSSR count). The Morgan fingerprint density at radius 2 is 2.12 bits per heavy atom. The van der Waals surface area contributed by atoms with Gasteiger partial charge in [0.25, 0.3) is 0 Å². The van der Waals surface area contributed by atoms with Gasteiger partial charge in [0.2, 0.25) is 5.91 Å². The molecule has 2 heterocycles. The molecular formula is C18H28N2O3S. The van der Waals surface area contributed by atoms with Crippen LogP contribution in [-0.4, -0.2) is 53.6 Å². The van der Waals surface area contributed by atoms with Crippen molar-refractivity contribution in [2.45, 2.75) is 58.1 Å². The highest BCUT2D eigenvalue weighted by Crippen LogP contribution is 2.21. The van der Waals surface area contributed by atoms with E-state index in [1.807, 2.05) is 44.6 Å². The smallest absolute Gasteiger partial charge is 0.410 e. The summed E-state index contributed by atoms with van der Waals surface area (Å²) >= 11 is 1.60. The number of carbonyl (C=O) groups excluding carboxylic acids is 2. The normalized spacial score (nSPS) is 18.3. The van der Waals surface area contributed by atoms with Crippen molar-refractivity contribution in [3.63, 3.8) is 0 Å². The van der Waals surface area contributed by atoms with E-state index in [-0.39, 0.29) is 18.0 Å². The maximum absolute atomic E-state index is 12.4. The Labute approximate surface area is 148 Å². The Morgan fingerprint density at radius 3 is 2.75 bits per heavy atom. The van der Waals surface area contributed by atoms with Crippen molar-refractivity contribution in [1.29, 1.82) is 0 Å². The summed E-state index contributed by atoms with van der Waals surface area (Å²) in [6, 6.07) is 2.01. The number of likely N-dealkylation sites (tertiary alicyclic amines) is 1. The first-order valence-electron chi connectivity index (χ1n) is 8.51. The van der Waals surface area contributed by atoms with Crippen LogP contribution >= 0.6 is 11.3 Å². The summed E-state index contributed by atoms with van der Waals surface area (Å²) in [6.07, 6.45) is 3.12. The fraction of sp³-hybridized carbons (Fsp3) is 0.667. The third-order valence-corrected chi connectivity index (χ3v) is 4.83. The number of likely N-dealkylation sites (N-methyl/N-ethyl adjacent to an activating group) is 1. The van der Waals surface area contributed by atoms with Crippen LogP contribution in [0.25, 0.3) is 0 Å².